The van der Waals surface area contributed by atoms with Gasteiger partial charge in [0.1, 0.15) is 5.03 Å². The normalized spacial score (nSPS) is 14.9. The van der Waals surface area contributed by atoms with Crippen LogP contribution in [0.5, 0.6) is 0 Å². The van der Waals surface area contributed by atoms with E-state index in [2.05, 4.69) is 0 Å². The van der Waals surface area contributed by atoms with E-state index in [4.69, 9.17) is 23.2 Å². The van der Waals surface area contributed by atoms with Gasteiger partial charge in [0.05, 0.1) is 11.3 Å². The quantitative estimate of drug-likeness (QED) is 0.760. The maximum absolute atomic E-state index is 13.4. The number of hydrogen-bond acceptors (Lipinski definition) is 2. The minimum Gasteiger partial charge on any atom is -0.268 e. The van der Waals surface area contributed by atoms with Crippen LogP contribution in [0.15, 0.2) is 47.5 Å². The second kappa shape index (κ2) is 5.76. The van der Waals surface area contributed by atoms with Gasteiger partial charge in [-0.1, -0.05) is 35.3 Å². The third kappa shape index (κ3) is 2.62. The first-order valence-corrected chi connectivity index (χ1v) is 7.15. The Hall–Kier alpha value is -2.24. The molecule has 2 aromatic rings. The Morgan fingerprint density at radius 3 is 2.09 bits per heavy atom. The zero-order chi connectivity index (χ0) is 16.7. The molecule has 0 bridgehead atoms. The van der Waals surface area contributed by atoms with Crippen LogP contribution < -0.4 is 4.90 Å². The number of nitrogens with zero attached hydrogens (tertiary/aromatic N) is 1. The third-order valence-electron chi connectivity index (χ3n) is 3.32. The van der Waals surface area contributed by atoms with Gasteiger partial charge in [-0.2, -0.15) is 0 Å². The molecule has 1 heterocycles. The maximum Gasteiger partial charge on any atom is 0.277 e. The van der Waals surface area contributed by atoms with Crippen molar-refractivity contribution >= 4 is 46.3 Å². The molecule has 0 saturated carbocycles. The van der Waals surface area contributed by atoms with Crippen LogP contribution in [0.25, 0.3) is 5.57 Å². The van der Waals surface area contributed by atoms with Crippen LogP contribution in [0, 0.1) is 11.6 Å². The summed E-state index contributed by atoms with van der Waals surface area (Å²) in [5.41, 5.74) is 0.293. The van der Waals surface area contributed by atoms with Gasteiger partial charge in [-0.25, -0.2) is 13.7 Å². The zero-order valence-electron chi connectivity index (χ0n) is 11.3. The highest BCUT2D eigenvalue weighted by Gasteiger charge is 2.39. The van der Waals surface area contributed by atoms with E-state index < -0.39 is 23.4 Å². The first-order valence-electron chi connectivity index (χ1n) is 6.39. The van der Waals surface area contributed by atoms with Crippen molar-refractivity contribution in [2.45, 2.75) is 0 Å². The average molecular weight is 354 g/mol. The Balaban J connectivity index is 2.05. The lowest BCUT2D eigenvalue weighted by Crippen LogP contribution is -2.31. The lowest BCUT2D eigenvalue weighted by Gasteiger charge is -2.15. The fourth-order valence-corrected chi connectivity index (χ4v) is 2.63. The second-order valence-electron chi connectivity index (χ2n) is 4.74. The fraction of sp³-hybridized carbons (Fsp3) is 0. The lowest BCUT2D eigenvalue weighted by atomic mass is 10.1. The first-order chi connectivity index (χ1) is 10.9. The number of amides is 2. The average Bonchev–Trinajstić information content (AvgIpc) is 2.74. The van der Waals surface area contributed by atoms with E-state index in [1.165, 1.54) is 0 Å². The second-order valence-corrected chi connectivity index (χ2v) is 5.55. The van der Waals surface area contributed by atoms with Crippen molar-refractivity contribution in [1.29, 1.82) is 0 Å². The number of carbonyl (C=O) groups excluding carboxylic acids is 2. The summed E-state index contributed by atoms with van der Waals surface area (Å²) in [5.74, 6) is -3.76. The van der Waals surface area contributed by atoms with Crippen molar-refractivity contribution in [2.75, 3.05) is 4.90 Å². The number of benzene rings is 2. The largest absolute Gasteiger partial charge is 0.277 e. The number of imide groups is 1. The molecule has 7 heteroatoms. The van der Waals surface area contributed by atoms with Crippen molar-refractivity contribution < 1.29 is 18.4 Å². The minimum atomic E-state index is -1.17. The lowest BCUT2D eigenvalue weighted by molar-refractivity contribution is -0.119. The summed E-state index contributed by atoms with van der Waals surface area (Å²) in [7, 11) is 0. The molecular formula is C16H7Cl2F2NO2. The first kappa shape index (κ1) is 15.6. The summed E-state index contributed by atoms with van der Waals surface area (Å²) in [6.45, 7) is 0. The van der Waals surface area contributed by atoms with Gasteiger partial charge >= 0.3 is 0 Å². The van der Waals surface area contributed by atoms with Crippen molar-refractivity contribution in [3.8, 4) is 0 Å². The molecule has 0 spiro atoms. The van der Waals surface area contributed by atoms with Crippen molar-refractivity contribution in [3.63, 3.8) is 0 Å². The molecule has 2 aromatic carbocycles. The zero-order valence-corrected chi connectivity index (χ0v) is 12.8. The highest BCUT2D eigenvalue weighted by molar-refractivity contribution is 6.60. The SMILES string of the molecule is O=C1C(Cl)=C(c2ccc(Cl)cc2)C(=O)N1c1ccc(F)c(F)c1. The highest BCUT2D eigenvalue weighted by Crippen LogP contribution is 2.35. The van der Waals surface area contributed by atoms with Gasteiger partial charge in [0, 0.05) is 11.1 Å². The topological polar surface area (TPSA) is 37.4 Å². The molecular weight excluding hydrogens is 347 g/mol. The predicted molar refractivity (Wildman–Crippen MR) is 83.1 cm³/mol. The molecule has 3 rings (SSSR count). The molecule has 3 nitrogen and oxygen atoms in total. The van der Waals surface area contributed by atoms with Crippen LogP contribution >= 0.6 is 23.2 Å². The van der Waals surface area contributed by atoms with E-state index in [1.807, 2.05) is 0 Å². The molecule has 0 atom stereocenters. The number of carbonyl (C=O) groups is 2. The summed E-state index contributed by atoms with van der Waals surface area (Å²) in [6.07, 6.45) is 0. The Bertz CT molecular complexity index is 863. The molecule has 1 aliphatic rings. The van der Waals surface area contributed by atoms with Crippen molar-refractivity contribution in [3.05, 3.63) is 69.7 Å². The summed E-state index contributed by atoms with van der Waals surface area (Å²) in [6, 6.07) is 8.90. The number of rotatable bonds is 2. The van der Waals surface area contributed by atoms with E-state index >= 15 is 0 Å². The molecule has 0 saturated heterocycles. The Kier molecular flexibility index (Phi) is 3.92. The molecule has 0 radical (unpaired) electrons. The maximum atomic E-state index is 13.4. The Labute approximate surface area is 139 Å². The van der Waals surface area contributed by atoms with Crippen LogP contribution in [0.2, 0.25) is 5.02 Å². The molecule has 0 aromatic heterocycles. The summed E-state index contributed by atoms with van der Waals surface area (Å²) in [4.78, 5) is 25.5. The van der Waals surface area contributed by atoms with Gasteiger partial charge in [-0.3, -0.25) is 9.59 Å². The van der Waals surface area contributed by atoms with Crippen LogP contribution in [0.3, 0.4) is 0 Å². The van der Waals surface area contributed by atoms with Gasteiger partial charge in [-0.15, -0.1) is 0 Å². The Morgan fingerprint density at radius 1 is 0.826 bits per heavy atom. The molecule has 0 N–H and O–H groups in total. The van der Waals surface area contributed by atoms with E-state index in [0.29, 0.717) is 15.5 Å². The Morgan fingerprint density at radius 2 is 1.48 bits per heavy atom. The van der Waals surface area contributed by atoms with Gasteiger partial charge in [0.25, 0.3) is 11.8 Å². The minimum absolute atomic E-state index is 0.0157. The molecule has 23 heavy (non-hydrogen) atoms. The van der Waals surface area contributed by atoms with E-state index in [-0.39, 0.29) is 16.3 Å². The van der Waals surface area contributed by atoms with Gasteiger partial charge in [-0.05, 0) is 29.8 Å². The van der Waals surface area contributed by atoms with Crippen LogP contribution in [-0.2, 0) is 9.59 Å². The highest BCUT2D eigenvalue weighted by atomic mass is 35.5. The van der Waals surface area contributed by atoms with E-state index in [1.54, 1.807) is 24.3 Å². The predicted octanol–water partition coefficient (Wildman–Crippen LogP) is 4.14. The molecule has 2 amide bonds. The van der Waals surface area contributed by atoms with E-state index in [0.717, 1.165) is 18.2 Å². The molecule has 116 valence electrons. The number of anilines is 1. The summed E-state index contributed by atoms with van der Waals surface area (Å²) < 4.78 is 26.4. The van der Waals surface area contributed by atoms with Crippen LogP contribution in [0.4, 0.5) is 14.5 Å². The van der Waals surface area contributed by atoms with Crippen LogP contribution in [-0.4, -0.2) is 11.8 Å². The molecule has 0 fully saturated rings. The number of halogens is 4. The van der Waals surface area contributed by atoms with Crippen molar-refractivity contribution in [2.24, 2.45) is 0 Å². The molecule has 1 aliphatic heterocycles. The summed E-state index contributed by atoms with van der Waals surface area (Å²) >= 11 is 11.8. The van der Waals surface area contributed by atoms with Crippen molar-refractivity contribution in [1.82, 2.24) is 0 Å². The van der Waals surface area contributed by atoms with Gasteiger partial charge in [0.2, 0.25) is 0 Å². The standard InChI is InChI=1S/C16H7Cl2F2NO2/c17-9-3-1-8(2-4-9)13-14(18)16(23)21(15(13)22)10-5-6-11(19)12(20)7-10/h1-7H. The molecule has 0 unspecified atom stereocenters. The fourth-order valence-electron chi connectivity index (χ4n) is 2.23. The van der Waals surface area contributed by atoms with Gasteiger partial charge in [0.15, 0.2) is 11.6 Å². The van der Waals surface area contributed by atoms with Gasteiger partial charge < -0.3 is 0 Å². The van der Waals surface area contributed by atoms with E-state index in [9.17, 15) is 18.4 Å². The monoisotopic (exact) mass is 353 g/mol. The number of hydrogen-bond donors (Lipinski definition) is 0. The smallest absolute Gasteiger partial charge is 0.268 e. The van der Waals surface area contributed by atoms with Crippen LogP contribution in [0.1, 0.15) is 5.56 Å². The summed E-state index contributed by atoms with van der Waals surface area (Å²) in [5, 5.41) is 0.168. The molecule has 0 aliphatic carbocycles. The third-order valence-corrected chi connectivity index (χ3v) is 3.92.